The highest BCUT2D eigenvalue weighted by molar-refractivity contribution is 5.50. The van der Waals surface area contributed by atoms with E-state index in [1.165, 1.54) is 6.07 Å². The molecule has 1 heterocycles. The first-order chi connectivity index (χ1) is 11.5. The van der Waals surface area contributed by atoms with E-state index in [2.05, 4.69) is 11.9 Å². The summed E-state index contributed by atoms with van der Waals surface area (Å²) in [6, 6.07) is 10.4. The van der Waals surface area contributed by atoms with Crippen LogP contribution in [0, 0.1) is 5.82 Å². The molecule has 1 atom stereocenters. The van der Waals surface area contributed by atoms with Crippen molar-refractivity contribution >= 4 is 0 Å². The molecule has 0 aromatic heterocycles. The van der Waals surface area contributed by atoms with Crippen molar-refractivity contribution in [3.63, 3.8) is 0 Å². The van der Waals surface area contributed by atoms with Crippen molar-refractivity contribution in [3.05, 3.63) is 58.9 Å². The molecule has 1 aliphatic carbocycles. The van der Waals surface area contributed by atoms with Gasteiger partial charge in [0.25, 0.3) is 0 Å². The predicted molar refractivity (Wildman–Crippen MR) is 90.8 cm³/mol. The molecule has 0 spiro atoms. The monoisotopic (exact) mass is 327 g/mol. The van der Waals surface area contributed by atoms with Crippen molar-refractivity contribution in [1.29, 1.82) is 0 Å². The van der Waals surface area contributed by atoms with Crippen LogP contribution in [0.1, 0.15) is 42.0 Å². The molecular weight excluding hydrogens is 305 g/mol. The summed E-state index contributed by atoms with van der Waals surface area (Å²) in [7, 11) is 2.07. The Balaban J connectivity index is 1.89. The van der Waals surface area contributed by atoms with Gasteiger partial charge < -0.3 is 10.2 Å². The largest absolute Gasteiger partial charge is 0.504 e. The first-order valence-electron chi connectivity index (χ1n) is 8.53. The fourth-order valence-electron chi connectivity index (χ4n) is 4.60. The first kappa shape index (κ1) is 15.5. The molecule has 4 heteroatoms. The lowest BCUT2D eigenvalue weighted by atomic mass is 9.57. The molecule has 0 bridgehead atoms. The molecule has 126 valence electrons. The molecule has 24 heavy (non-hydrogen) atoms. The van der Waals surface area contributed by atoms with Crippen molar-refractivity contribution in [2.24, 2.45) is 0 Å². The van der Waals surface area contributed by atoms with Gasteiger partial charge in [0.15, 0.2) is 11.5 Å². The summed E-state index contributed by atoms with van der Waals surface area (Å²) in [5.74, 6) is -0.330. The van der Waals surface area contributed by atoms with E-state index in [1.807, 2.05) is 12.1 Å². The molecule has 2 N–H and O–H groups in total. The number of rotatable bonds is 2. The van der Waals surface area contributed by atoms with Crippen LogP contribution in [-0.2, 0) is 11.8 Å². The number of likely N-dealkylation sites (N-methyl/N-ethyl adjacent to an activating group) is 1. The lowest BCUT2D eigenvalue weighted by molar-refractivity contribution is 0.0686. The Kier molecular flexibility index (Phi) is 3.53. The summed E-state index contributed by atoms with van der Waals surface area (Å²) in [5.41, 5.74) is 2.57. The Morgan fingerprint density at radius 2 is 1.83 bits per heavy atom. The SMILES string of the molecule is CN1CCc2cc(O)c(O)cc2C1C1(c2ccccc2F)CCC1. The van der Waals surface area contributed by atoms with Gasteiger partial charge in [-0.25, -0.2) is 4.39 Å². The summed E-state index contributed by atoms with van der Waals surface area (Å²) in [6.07, 6.45) is 3.77. The molecule has 0 saturated heterocycles. The maximum Gasteiger partial charge on any atom is 0.157 e. The summed E-state index contributed by atoms with van der Waals surface area (Å²) in [5, 5.41) is 19.9. The van der Waals surface area contributed by atoms with Gasteiger partial charge in [-0.1, -0.05) is 24.6 Å². The molecule has 2 aromatic rings. The van der Waals surface area contributed by atoms with Crippen LogP contribution in [0.3, 0.4) is 0 Å². The number of hydrogen-bond donors (Lipinski definition) is 2. The Labute approximate surface area is 141 Å². The highest BCUT2D eigenvalue weighted by Gasteiger charge is 2.50. The number of halogens is 1. The summed E-state index contributed by atoms with van der Waals surface area (Å²) in [4.78, 5) is 2.27. The molecular formula is C20H22FNO2. The van der Waals surface area contributed by atoms with Crippen LogP contribution < -0.4 is 0 Å². The van der Waals surface area contributed by atoms with Crippen LogP contribution in [0.25, 0.3) is 0 Å². The molecule has 3 nitrogen and oxygen atoms in total. The second kappa shape index (κ2) is 5.49. The standard InChI is InChI=1S/C20H22FNO2/c1-22-10-7-13-11-17(23)18(24)12-14(13)19(22)20(8-4-9-20)15-5-2-3-6-16(15)21/h2-3,5-6,11-12,19,23-24H,4,7-10H2,1H3. The number of aromatic hydroxyl groups is 2. The quantitative estimate of drug-likeness (QED) is 0.823. The van der Waals surface area contributed by atoms with Crippen molar-refractivity contribution in [2.75, 3.05) is 13.6 Å². The summed E-state index contributed by atoms with van der Waals surface area (Å²) in [6.45, 7) is 0.859. The Morgan fingerprint density at radius 3 is 2.50 bits per heavy atom. The van der Waals surface area contributed by atoms with Gasteiger partial charge in [-0.2, -0.15) is 0 Å². The molecule has 0 amide bonds. The summed E-state index contributed by atoms with van der Waals surface area (Å²) >= 11 is 0. The fraction of sp³-hybridized carbons (Fsp3) is 0.400. The van der Waals surface area contributed by atoms with E-state index < -0.39 is 0 Å². The van der Waals surface area contributed by atoms with Crippen LogP contribution in [0.4, 0.5) is 4.39 Å². The van der Waals surface area contributed by atoms with E-state index in [-0.39, 0.29) is 28.8 Å². The number of hydrogen-bond acceptors (Lipinski definition) is 3. The molecule has 1 aliphatic heterocycles. The van der Waals surface area contributed by atoms with Gasteiger partial charge in [-0.05, 0) is 61.2 Å². The van der Waals surface area contributed by atoms with Crippen LogP contribution >= 0.6 is 0 Å². The zero-order valence-electron chi connectivity index (χ0n) is 13.8. The van der Waals surface area contributed by atoms with Crippen LogP contribution in [-0.4, -0.2) is 28.7 Å². The second-order valence-corrected chi connectivity index (χ2v) is 7.16. The Morgan fingerprint density at radius 1 is 1.12 bits per heavy atom. The molecule has 1 saturated carbocycles. The van der Waals surface area contributed by atoms with E-state index in [0.29, 0.717) is 0 Å². The number of benzene rings is 2. The van der Waals surface area contributed by atoms with Gasteiger partial charge in [0.1, 0.15) is 5.82 Å². The maximum atomic E-state index is 14.6. The van der Waals surface area contributed by atoms with Crippen molar-refractivity contribution in [2.45, 2.75) is 37.1 Å². The number of phenols is 2. The summed E-state index contributed by atoms with van der Waals surface area (Å²) < 4.78 is 14.6. The Hall–Kier alpha value is -2.07. The minimum Gasteiger partial charge on any atom is -0.504 e. The first-order valence-corrected chi connectivity index (χ1v) is 8.53. The van der Waals surface area contributed by atoms with Gasteiger partial charge in [-0.3, -0.25) is 4.90 Å². The third-order valence-electron chi connectivity index (χ3n) is 5.89. The molecule has 2 aromatic carbocycles. The zero-order chi connectivity index (χ0) is 16.9. The van der Waals surface area contributed by atoms with E-state index in [0.717, 1.165) is 48.9 Å². The van der Waals surface area contributed by atoms with Gasteiger partial charge in [0.05, 0.1) is 0 Å². The fourth-order valence-corrected chi connectivity index (χ4v) is 4.60. The minimum atomic E-state index is -0.265. The van der Waals surface area contributed by atoms with E-state index in [4.69, 9.17) is 0 Å². The highest BCUT2D eigenvalue weighted by atomic mass is 19.1. The van der Waals surface area contributed by atoms with Crippen molar-refractivity contribution in [1.82, 2.24) is 4.90 Å². The van der Waals surface area contributed by atoms with Gasteiger partial charge in [0, 0.05) is 18.0 Å². The van der Waals surface area contributed by atoms with Crippen molar-refractivity contribution in [3.8, 4) is 11.5 Å². The van der Waals surface area contributed by atoms with E-state index in [9.17, 15) is 14.6 Å². The van der Waals surface area contributed by atoms with Crippen LogP contribution in [0.2, 0.25) is 0 Å². The molecule has 1 unspecified atom stereocenters. The highest BCUT2D eigenvalue weighted by Crippen LogP contribution is 2.56. The number of fused-ring (bicyclic) bond motifs is 1. The Bertz CT molecular complexity index is 785. The normalized spacial score (nSPS) is 22.7. The third kappa shape index (κ3) is 2.13. The molecule has 4 rings (SSSR count). The maximum absolute atomic E-state index is 14.6. The predicted octanol–water partition coefficient (Wildman–Crippen LogP) is 3.89. The smallest absolute Gasteiger partial charge is 0.157 e. The van der Waals surface area contributed by atoms with E-state index >= 15 is 0 Å². The van der Waals surface area contributed by atoms with Gasteiger partial charge >= 0.3 is 0 Å². The minimum absolute atomic E-state index is 0.0124. The molecule has 1 fully saturated rings. The number of nitrogens with zero attached hydrogens (tertiary/aromatic N) is 1. The lowest BCUT2D eigenvalue weighted by Gasteiger charge is -2.53. The van der Waals surface area contributed by atoms with Crippen LogP contribution in [0.15, 0.2) is 36.4 Å². The number of phenolic OH excluding ortho intramolecular Hbond substituents is 2. The van der Waals surface area contributed by atoms with Gasteiger partial charge in [0.2, 0.25) is 0 Å². The van der Waals surface area contributed by atoms with E-state index in [1.54, 1.807) is 18.2 Å². The van der Waals surface area contributed by atoms with Crippen LogP contribution in [0.5, 0.6) is 11.5 Å². The average Bonchev–Trinajstić information content (AvgIpc) is 2.52. The lowest BCUT2D eigenvalue weighted by Crippen LogP contribution is -2.50. The molecule has 2 aliphatic rings. The second-order valence-electron chi connectivity index (χ2n) is 7.16. The third-order valence-corrected chi connectivity index (χ3v) is 5.89. The topological polar surface area (TPSA) is 43.7 Å². The van der Waals surface area contributed by atoms with Crippen molar-refractivity contribution < 1.29 is 14.6 Å². The van der Waals surface area contributed by atoms with Gasteiger partial charge in [-0.15, -0.1) is 0 Å². The average molecular weight is 327 g/mol. The zero-order valence-corrected chi connectivity index (χ0v) is 13.8. The molecule has 0 radical (unpaired) electrons.